The Morgan fingerprint density at radius 3 is 2.36 bits per heavy atom. The highest BCUT2D eigenvalue weighted by atomic mass is 15.4. The van der Waals surface area contributed by atoms with E-state index in [0.717, 1.165) is 43.1 Å². The van der Waals surface area contributed by atoms with Gasteiger partial charge in [0.2, 0.25) is 0 Å². The summed E-state index contributed by atoms with van der Waals surface area (Å²) in [6.07, 6.45) is 7.27. The van der Waals surface area contributed by atoms with Gasteiger partial charge in [0, 0.05) is 63.6 Å². The summed E-state index contributed by atoms with van der Waals surface area (Å²) in [7, 11) is 0. The molecule has 3 aliphatic rings. The Morgan fingerprint density at radius 1 is 1.00 bits per heavy atom. The molecule has 3 aliphatic heterocycles. The number of hydrogen-bond acceptors (Lipinski definition) is 5. The van der Waals surface area contributed by atoms with Gasteiger partial charge >= 0.3 is 0 Å². The van der Waals surface area contributed by atoms with Gasteiger partial charge in [-0.15, -0.1) is 0 Å². The van der Waals surface area contributed by atoms with Gasteiger partial charge in [-0.25, -0.2) is 0 Å². The van der Waals surface area contributed by atoms with Crippen LogP contribution in [0.3, 0.4) is 0 Å². The van der Waals surface area contributed by atoms with Crippen molar-refractivity contribution >= 4 is 17.5 Å². The zero-order valence-corrected chi connectivity index (χ0v) is 20.4. The van der Waals surface area contributed by atoms with Crippen LogP contribution < -0.4 is 9.80 Å². The standard InChI is InChI=1S/C28H37N5/c1-5-23-7-9-24(10-8-23)18-33-22(4)6-11-27-28(33)16-25(17-29-27)32-19-26(20-32)31-14-12-30(13-15-31)21(2)3/h6-11,16-17,21,26H,4-5,12-15,18-20H2,1-3H3. The highest BCUT2D eigenvalue weighted by Crippen LogP contribution is 2.35. The lowest BCUT2D eigenvalue weighted by atomic mass is 10.0. The molecule has 4 heterocycles. The fourth-order valence-corrected chi connectivity index (χ4v) is 5.16. The Labute approximate surface area is 199 Å². The molecule has 0 N–H and O–H groups in total. The Hall–Kier alpha value is -2.63. The molecule has 0 amide bonds. The smallest absolute Gasteiger partial charge is 0.0869 e. The second kappa shape index (κ2) is 9.32. The number of rotatable bonds is 6. The Morgan fingerprint density at radius 2 is 1.70 bits per heavy atom. The van der Waals surface area contributed by atoms with Crippen LogP contribution in [0.5, 0.6) is 0 Å². The molecule has 1 aromatic heterocycles. The first-order valence-electron chi connectivity index (χ1n) is 12.5. The van der Waals surface area contributed by atoms with Gasteiger partial charge in [0.25, 0.3) is 0 Å². The monoisotopic (exact) mass is 443 g/mol. The molecule has 2 saturated heterocycles. The van der Waals surface area contributed by atoms with E-state index in [1.807, 2.05) is 6.20 Å². The van der Waals surface area contributed by atoms with E-state index < -0.39 is 0 Å². The third kappa shape index (κ3) is 4.57. The number of hydrogen-bond donors (Lipinski definition) is 0. The minimum absolute atomic E-state index is 0.655. The highest BCUT2D eigenvalue weighted by Gasteiger charge is 2.34. The van der Waals surface area contributed by atoms with Gasteiger partial charge in [0.15, 0.2) is 0 Å². The Kier molecular flexibility index (Phi) is 6.26. The van der Waals surface area contributed by atoms with Crippen molar-refractivity contribution in [2.24, 2.45) is 0 Å². The fourth-order valence-electron chi connectivity index (χ4n) is 5.16. The first-order chi connectivity index (χ1) is 16.0. The summed E-state index contributed by atoms with van der Waals surface area (Å²) in [4.78, 5) is 14.9. The van der Waals surface area contributed by atoms with Crippen molar-refractivity contribution in [3.63, 3.8) is 0 Å². The average Bonchev–Trinajstić information content (AvgIpc) is 2.81. The van der Waals surface area contributed by atoms with Crippen LogP contribution >= 0.6 is 0 Å². The van der Waals surface area contributed by atoms with E-state index in [1.165, 1.54) is 43.0 Å². The number of allylic oxidation sites excluding steroid dienone is 1. The van der Waals surface area contributed by atoms with E-state index >= 15 is 0 Å². The molecule has 5 nitrogen and oxygen atoms in total. The lowest BCUT2D eigenvalue weighted by molar-refractivity contribution is 0.0678. The second-order valence-electron chi connectivity index (χ2n) is 9.90. The number of piperazine rings is 1. The molecule has 5 heteroatoms. The van der Waals surface area contributed by atoms with E-state index in [0.29, 0.717) is 12.1 Å². The van der Waals surface area contributed by atoms with Crippen molar-refractivity contribution in [2.45, 2.75) is 45.8 Å². The lowest BCUT2D eigenvalue weighted by Crippen LogP contribution is -2.63. The largest absolute Gasteiger partial charge is 0.367 e. The zero-order chi connectivity index (χ0) is 22.9. The summed E-state index contributed by atoms with van der Waals surface area (Å²) < 4.78 is 0. The van der Waals surface area contributed by atoms with Crippen molar-refractivity contribution in [3.8, 4) is 0 Å². The van der Waals surface area contributed by atoms with Crippen molar-refractivity contribution in [3.05, 3.63) is 71.7 Å². The minimum atomic E-state index is 0.655. The summed E-state index contributed by atoms with van der Waals surface area (Å²) in [6.45, 7) is 18.9. The molecule has 0 unspecified atom stereocenters. The molecule has 1 aromatic carbocycles. The van der Waals surface area contributed by atoms with Crippen LogP contribution in [0, 0.1) is 0 Å². The second-order valence-corrected chi connectivity index (χ2v) is 9.90. The quantitative estimate of drug-likeness (QED) is 0.659. The molecule has 0 spiro atoms. The molecular weight excluding hydrogens is 406 g/mol. The molecule has 174 valence electrons. The maximum Gasteiger partial charge on any atom is 0.0869 e. The third-order valence-corrected chi connectivity index (χ3v) is 7.55. The number of aryl methyl sites for hydroxylation is 1. The number of anilines is 2. The first kappa shape index (κ1) is 22.2. The topological polar surface area (TPSA) is 25.9 Å². The van der Waals surface area contributed by atoms with Gasteiger partial charge in [-0.1, -0.05) is 37.8 Å². The number of pyridine rings is 1. The Balaban J connectivity index is 1.26. The van der Waals surface area contributed by atoms with Crippen LogP contribution in [-0.2, 0) is 13.0 Å². The number of nitrogens with zero attached hydrogens (tertiary/aromatic N) is 5. The van der Waals surface area contributed by atoms with Crippen molar-refractivity contribution in [1.82, 2.24) is 14.8 Å². The molecule has 2 fully saturated rings. The molecule has 2 aromatic rings. The maximum atomic E-state index is 4.81. The molecule has 0 saturated carbocycles. The first-order valence-corrected chi connectivity index (χ1v) is 12.5. The normalized spacial score (nSPS) is 19.8. The lowest BCUT2D eigenvalue weighted by Gasteiger charge is -2.49. The number of fused-ring (bicyclic) bond motifs is 1. The molecule has 5 rings (SSSR count). The van der Waals surface area contributed by atoms with Gasteiger partial charge in [0.1, 0.15) is 0 Å². The van der Waals surface area contributed by atoms with E-state index in [4.69, 9.17) is 4.98 Å². The van der Waals surface area contributed by atoms with Crippen LogP contribution in [0.4, 0.5) is 11.4 Å². The number of benzene rings is 1. The summed E-state index contributed by atoms with van der Waals surface area (Å²) in [6, 6.07) is 12.6. The van der Waals surface area contributed by atoms with Crippen molar-refractivity contribution < 1.29 is 0 Å². The van der Waals surface area contributed by atoms with Gasteiger partial charge < -0.3 is 9.80 Å². The maximum absolute atomic E-state index is 4.81. The van der Waals surface area contributed by atoms with Crippen molar-refractivity contribution in [2.75, 3.05) is 49.1 Å². The molecule has 33 heavy (non-hydrogen) atoms. The predicted octanol–water partition coefficient (Wildman–Crippen LogP) is 4.41. The summed E-state index contributed by atoms with van der Waals surface area (Å²) in [5.74, 6) is 0. The van der Waals surface area contributed by atoms with Gasteiger partial charge in [-0.05, 0) is 49.6 Å². The molecule has 0 atom stereocenters. The van der Waals surface area contributed by atoms with Crippen LogP contribution in [-0.4, -0.2) is 66.1 Å². The number of aromatic nitrogens is 1. The average molecular weight is 444 g/mol. The van der Waals surface area contributed by atoms with E-state index in [1.54, 1.807) is 0 Å². The third-order valence-electron chi connectivity index (χ3n) is 7.55. The summed E-state index contributed by atoms with van der Waals surface area (Å²) in [5.41, 5.74) is 7.10. The molecule has 0 radical (unpaired) electrons. The fraction of sp³-hybridized carbons (Fsp3) is 0.464. The van der Waals surface area contributed by atoms with Crippen LogP contribution in [0.25, 0.3) is 6.08 Å². The van der Waals surface area contributed by atoms with Gasteiger partial charge in [-0.2, -0.15) is 0 Å². The van der Waals surface area contributed by atoms with Gasteiger partial charge in [0.05, 0.1) is 23.3 Å². The van der Waals surface area contributed by atoms with Crippen LogP contribution in [0.15, 0.2) is 54.9 Å². The molecule has 0 bridgehead atoms. The minimum Gasteiger partial charge on any atom is -0.367 e. The van der Waals surface area contributed by atoms with E-state index in [-0.39, 0.29) is 0 Å². The zero-order valence-electron chi connectivity index (χ0n) is 20.4. The molecule has 0 aliphatic carbocycles. The van der Waals surface area contributed by atoms with Gasteiger partial charge in [-0.3, -0.25) is 14.8 Å². The highest BCUT2D eigenvalue weighted by molar-refractivity contribution is 5.77. The van der Waals surface area contributed by atoms with Crippen molar-refractivity contribution in [1.29, 1.82) is 0 Å². The van der Waals surface area contributed by atoms with Crippen LogP contribution in [0.1, 0.15) is 37.6 Å². The summed E-state index contributed by atoms with van der Waals surface area (Å²) >= 11 is 0. The SMILES string of the molecule is C=C1C=Cc2ncc(N3CC(N4CCN(C(C)C)CC4)C3)cc2N1Cc1ccc(CC)cc1. The van der Waals surface area contributed by atoms with E-state index in [9.17, 15) is 0 Å². The summed E-state index contributed by atoms with van der Waals surface area (Å²) in [5, 5.41) is 0. The Bertz CT molecular complexity index is 1010. The molecular formula is C28H37N5. The van der Waals surface area contributed by atoms with E-state index in [2.05, 4.69) is 89.4 Å². The van der Waals surface area contributed by atoms with Crippen LogP contribution in [0.2, 0.25) is 0 Å². The predicted molar refractivity (Wildman–Crippen MR) is 139 cm³/mol.